The van der Waals surface area contributed by atoms with Crippen LogP contribution in [-0.2, 0) is 68.7 Å². The molecule has 105 heavy (non-hydrogen) atoms. The van der Waals surface area contributed by atoms with Gasteiger partial charge in [-0.1, -0.05) is 232 Å². The lowest BCUT2D eigenvalue weighted by Crippen LogP contribution is -2.10. The van der Waals surface area contributed by atoms with Crippen molar-refractivity contribution in [3.05, 3.63) is 83.1 Å². The van der Waals surface area contributed by atoms with Crippen LogP contribution in [0.25, 0.3) is 0 Å². The predicted molar refractivity (Wildman–Crippen MR) is 450 cm³/mol. The molecule has 0 bridgehead atoms. The molecule has 0 spiro atoms. The lowest BCUT2D eigenvalue weighted by Gasteiger charge is -2.10. The Hall–Kier alpha value is -5.14. The summed E-state index contributed by atoms with van der Waals surface area (Å²) in [6, 6.07) is 16.8. The molecule has 2 aromatic rings. The van der Waals surface area contributed by atoms with Gasteiger partial charge in [0.05, 0.1) is 23.6 Å². The number of rotatable bonds is 43. The number of unbranched alkanes of at least 4 members (excludes halogenated alkanes) is 1. The van der Waals surface area contributed by atoms with Crippen LogP contribution in [0.15, 0.2) is 71.2 Å². The topological polar surface area (TPSA) is 186 Å². The molecule has 4 rings (SSSR count). The summed E-state index contributed by atoms with van der Waals surface area (Å²) in [4.78, 5) is 74.7. The maximum absolute atomic E-state index is 11.0. The number of Topliss-reactive ketones (excluding diaryl/α,β-unsaturated/α-hetero) is 7. The van der Waals surface area contributed by atoms with Crippen LogP contribution in [0.1, 0.15) is 345 Å². The predicted octanol–water partition coefficient (Wildman–Crippen LogP) is 24.8. The minimum atomic E-state index is 0. The van der Waals surface area contributed by atoms with Crippen molar-refractivity contribution in [1.29, 1.82) is 0 Å². The molecule has 13 heteroatoms. The molecule has 1 fully saturated rings. The van der Waals surface area contributed by atoms with Crippen molar-refractivity contribution in [3.8, 4) is 0 Å². The van der Waals surface area contributed by atoms with Crippen LogP contribution in [0.5, 0.6) is 0 Å². The third-order valence-electron chi connectivity index (χ3n) is 16.9. The van der Waals surface area contributed by atoms with Gasteiger partial charge < -0.3 is 29.0 Å². The zero-order valence-electron chi connectivity index (χ0n) is 72.4. The van der Waals surface area contributed by atoms with E-state index in [9.17, 15) is 33.6 Å². The van der Waals surface area contributed by atoms with Crippen LogP contribution >= 0.6 is 0 Å². The second-order valence-electron chi connectivity index (χ2n) is 33.5. The van der Waals surface area contributed by atoms with E-state index in [0.29, 0.717) is 79.8 Å². The third kappa shape index (κ3) is 91.2. The number of carbonyl (C=O) groups excluding carboxylic acids is 7. The van der Waals surface area contributed by atoms with Crippen molar-refractivity contribution in [2.24, 2.45) is 81.3 Å². The van der Waals surface area contributed by atoms with Crippen molar-refractivity contribution >= 4 is 46.7 Å². The number of aliphatic hydroxyl groups is 1. The summed E-state index contributed by atoms with van der Waals surface area (Å²) in [6.45, 7) is 62.6. The molecule has 2 aliphatic rings. The smallest absolute Gasteiger partial charge is 0.188 e. The molecule has 1 aliphatic carbocycles. The second-order valence-corrected chi connectivity index (χ2v) is 33.5. The third-order valence-corrected chi connectivity index (χ3v) is 16.9. The number of aryl methyl sites for hydroxylation is 2. The Morgan fingerprint density at radius 2 is 0.981 bits per heavy atom. The number of hydrogen-bond donors (Lipinski definition) is 1. The highest BCUT2D eigenvalue weighted by atomic mass is 16.5. The number of carbonyl (C=O) groups is 7. The molecule has 1 N–H and O–H groups in total. The van der Waals surface area contributed by atoms with Crippen LogP contribution in [-0.4, -0.2) is 95.5 Å². The number of ketones is 7. The molecule has 0 aromatic heterocycles. The fourth-order valence-corrected chi connectivity index (χ4v) is 10.2. The fraction of sp³-hybridized carbons (Fsp3) is 0.761. The van der Waals surface area contributed by atoms with E-state index in [0.717, 1.165) is 123 Å². The molecule has 13 nitrogen and oxygen atoms in total. The van der Waals surface area contributed by atoms with E-state index in [4.69, 9.17) is 14.6 Å². The summed E-state index contributed by atoms with van der Waals surface area (Å²) in [6.07, 6.45) is 27.2. The first-order chi connectivity index (χ1) is 48.5. The zero-order valence-corrected chi connectivity index (χ0v) is 72.4. The second kappa shape index (κ2) is 71.8. The summed E-state index contributed by atoms with van der Waals surface area (Å²) in [5.41, 5.74) is 4.98. The molecule has 4 atom stereocenters. The van der Waals surface area contributed by atoms with Crippen LogP contribution in [0.3, 0.4) is 0 Å². The van der Waals surface area contributed by atoms with Crippen LogP contribution in [0, 0.1) is 71.0 Å². The highest BCUT2D eigenvalue weighted by Crippen LogP contribution is 2.43. The molecule has 2 aromatic carbocycles. The molecular weight excluding hydrogens is 1310 g/mol. The summed E-state index contributed by atoms with van der Waals surface area (Å²) in [5.74, 6) is 10.3. The summed E-state index contributed by atoms with van der Waals surface area (Å²) in [7, 11) is 0. The average molecular weight is 1480 g/mol. The lowest BCUT2D eigenvalue weighted by molar-refractivity contribution is -0.576. The monoisotopic (exact) mass is 1480 g/mol. The van der Waals surface area contributed by atoms with Crippen molar-refractivity contribution in [1.82, 2.24) is 0 Å². The van der Waals surface area contributed by atoms with Crippen molar-refractivity contribution in [2.75, 3.05) is 32.9 Å². The molecule has 1 heterocycles. The van der Waals surface area contributed by atoms with Gasteiger partial charge in [0.15, 0.2) is 12.8 Å². The van der Waals surface area contributed by atoms with Crippen molar-refractivity contribution < 1.29 is 52.8 Å². The maximum atomic E-state index is 11.0. The van der Waals surface area contributed by atoms with Crippen LogP contribution in [0.4, 0.5) is 0 Å². The number of nitrogens with zero attached hydrogens (tertiary/aromatic N) is 3. The zero-order chi connectivity index (χ0) is 80.7. The SMILES string of the molecule is C.C=C(O)Cc1ccc(CCC(C)C)cc1.CC(=O)C(C)CCCC(C)C.CC(=O)C1CC1CCC(C)C.CC(=O)CC(C)CCC(C)C.CC(=O)CCCCC(C)C.CC(=O)CCCOC(C)C.CC(=O)CCOCC(C)C.CC(=O)Cc1cccc(CCC(C)C)c1.CC(C)CCC[N+]1=NN=CC1. The molecule has 1 saturated carbocycles. The molecule has 4 unspecified atom stereocenters. The quantitative estimate of drug-likeness (QED) is 0.0380. The highest BCUT2D eigenvalue weighted by molar-refractivity contribution is 5.81. The van der Waals surface area contributed by atoms with E-state index < -0.39 is 0 Å². The van der Waals surface area contributed by atoms with Gasteiger partial charge in [0.25, 0.3) is 0 Å². The van der Waals surface area contributed by atoms with E-state index >= 15 is 0 Å². The van der Waals surface area contributed by atoms with E-state index in [1.807, 2.05) is 43.8 Å². The molecule has 610 valence electrons. The standard InChI is InChI=1S/2C14H20O.C10H18O.2C10H20O.C9H18O.C8H16N3.2C8H16O2.CH4/c1-11(2)4-5-13-6-8-14(9-7-13)10-12(3)15;1-11(2)7-8-13-5-4-6-14(10-13)9-12(3)15;1-7(2)4-5-9-6-10(9)8(3)11;1-8(2)5-6-9(3)7-10(4)11;1-8(2)6-5-7-9(3)10(4)11;1-8(2)6-4-5-7-9(3)10;1-8(2)4-3-6-11-7-5-9-10-11;1-7(2)6-10-5-4-8(3)9;1-7(2)10-6-4-5-8(3)9;/h6-9,11,15H,3-5,10H2,1-2H3;4-6,10-11H,7-9H2,1-3H3;7,9-10H,4-6H2,1-3H3;2*8-9H,5-7H2,1-4H3;8H,4-7H2,1-3H3;5,8H,3-4,6-7H2,1-2H3;2*7H,4-6H2,1-3H3;1H4/q;;;;;;+1;;;. The molecule has 0 radical (unpaired) electrons. The Bertz CT molecular complexity index is 2470. The van der Waals surface area contributed by atoms with E-state index in [1.54, 1.807) is 48.5 Å². The van der Waals surface area contributed by atoms with Gasteiger partial charge in [0, 0.05) is 63.6 Å². The number of benzene rings is 2. The highest BCUT2D eigenvalue weighted by Gasteiger charge is 2.39. The van der Waals surface area contributed by atoms with Gasteiger partial charge >= 0.3 is 0 Å². The van der Waals surface area contributed by atoms with Gasteiger partial charge in [-0.3, -0.25) is 19.2 Å². The van der Waals surface area contributed by atoms with Gasteiger partial charge in [0.1, 0.15) is 52.3 Å². The Kier molecular flexibility index (Phi) is 75.7. The Morgan fingerprint density at radius 3 is 1.41 bits per heavy atom. The van der Waals surface area contributed by atoms with Crippen molar-refractivity contribution in [3.63, 3.8) is 0 Å². The number of allylic oxidation sites excluding steroid dienone is 1. The van der Waals surface area contributed by atoms with Gasteiger partial charge in [-0.15, -0.1) is 0 Å². The maximum Gasteiger partial charge on any atom is 0.188 e. The molecule has 1 aliphatic heterocycles. The Labute approximate surface area is 648 Å². The lowest BCUT2D eigenvalue weighted by atomic mass is 9.95. The first-order valence-electron chi connectivity index (χ1n) is 40.7. The van der Waals surface area contributed by atoms with Gasteiger partial charge in [-0.25, -0.2) is 0 Å². The van der Waals surface area contributed by atoms with Crippen LogP contribution in [0.2, 0.25) is 0 Å². The largest absolute Gasteiger partial charge is 0.513 e. The number of hydrogen-bond acceptors (Lipinski definition) is 12. The minimum absolute atomic E-state index is 0. The molecule has 0 saturated heterocycles. The normalized spacial score (nSPS) is 13.6. The van der Waals surface area contributed by atoms with Crippen LogP contribution < -0.4 is 0 Å². The van der Waals surface area contributed by atoms with E-state index in [-0.39, 0.29) is 42.6 Å². The Balaban J connectivity index is -0.000000263. The van der Waals surface area contributed by atoms with Gasteiger partial charge in [-0.05, 0) is 214 Å². The number of aliphatic hydroxyl groups excluding tert-OH is 1. The van der Waals surface area contributed by atoms with Gasteiger partial charge in [-0.2, -0.15) is 4.70 Å². The van der Waals surface area contributed by atoms with E-state index in [2.05, 4.69) is 171 Å². The summed E-state index contributed by atoms with van der Waals surface area (Å²) in [5, 5.41) is 16.8. The summed E-state index contributed by atoms with van der Waals surface area (Å²) < 4.78 is 12.4. The summed E-state index contributed by atoms with van der Waals surface area (Å²) >= 11 is 0. The average Bonchev–Trinajstić information content (AvgIpc) is 1.69. The fourth-order valence-electron chi connectivity index (χ4n) is 10.2. The minimum Gasteiger partial charge on any atom is -0.513 e. The van der Waals surface area contributed by atoms with E-state index in [1.165, 1.54) is 94.6 Å². The molecular formula is C92H168N3O10+. The molecule has 0 amide bonds. The first kappa shape index (κ1) is 111. The number of ether oxygens (including phenoxy) is 2. The van der Waals surface area contributed by atoms with Gasteiger partial charge in [0.2, 0.25) is 0 Å². The van der Waals surface area contributed by atoms with Crippen molar-refractivity contribution in [2.45, 2.75) is 355 Å². The first-order valence-corrected chi connectivity index (χ1v) is 40.7. The Morgan fingerprint density at radius 1 is 0.495 bits per heavy atom.